The van der Waals surface area contributed by atoms with E-state index in [1.165, 1.54) is 14.2 Å². The van der Waals surface area contributed by atoms with E-state index in [1.54, 1.807) is 18.2 Å². The zero-order valence-corrected chi connectivity index (χ0v) is 16.2. The fourth-order valence-electron chi connectivity index (χ4n) is 2.12. The number of likely N-dealkylation sites (N-methyl/N-ethyl adjacent to an activating group) is 1. The molecule has 0 aliphatic heterocycles. The van der Waals surface area contributed by atoms with Crippen LogP contribution < -0.4 is 25.4 Å². The van der Waals surface area contributed by atoms with Crippen LogP contribution in [0.1, 0.15) is 24.2 Å². The Hall–Kier alpha value is -1.99. The maximum atomic E-state index is 12.5. The third kappa shape index (κ3) is 7.19. The fourth-order valence-corrected chi connectivity index (χ4v) is 2.12. The van der Waals surface area contributed by atoms with Crippen molar-refractivity contribution >= 4 is 24.2 Å². The number of amides is 2. The minimum absolute atomic E-state index is 0. The Labute approximate surface area is 155 Å². The van der Waals surface area contributed by atoms with Crippen molar-refractivity contribution in [1.82, 2.24) is 16.0 Å². The second kappa shape index (κ2) is 11.5. The first-order valence-electron chi connectivity index (χ1n) is 7.89. The van der Waals surface area contributed by atoms with Gasteiger partial charge in [-0.25, -0.2) is 0 Å². The van der Waals surface area contributed by atoms with E-state index in [2.05, 4.69) is 16.0 Å². The Kier molecular flexibility index (Phi) is 10.6. The molecule has 0 radical (unpaired) electrons. The fraction of sp³-hybridized carbons (Fsp3) is 0.529. The molecule has 1 unspecified atom stereocenters. The van der Waals surface area contributed by atoms with Gasteiger partial charge in [0, 0.05) is 24.7 Å². The summed E-state index contributed by atoms with van der Waals surface area (Å²) in [5.74, 6) is 0.423. The van der Waals surface area contributed by atoms with Gasteiger partial charge in [-0.1, -0.05) is 13.8 Å². The third-order valence-electron chi connectivity index (χ3n) is 3.52. The topological polar surface area (TPSA) is 88.7 Å². The normalized spacial score (nSPS) is 11.3. The van der Waals surface area contributed by atoms with Crippen LogP contribution >= 0.6 is 12.4 Å². The van der Waals surface area contributed by atoms with E-state index in [0.29, 0.717) is 30.2 Å². The molecule has 0 aromatic heterocycles. The molecule has 1 aromatic carbocycles. The first-order chi connectivity index (χ1) is 11.4. The van der Waals surface area contributed by atoms with Crippen LogP contribution in [0.4, 0.5) is 0 Å². The van der Waals surface area contributed by atoms with Crippen molar-refractivity contribution in [2.24, 2.45) is 5.92 Å². The second-order valence-electron chi connectivity index (χ2n) is 5.69. The van der Waals surface area contributed by atoms with Crippen molar-refractivity contribution in [3.05, 3.63) is 23.8 Å². The van der Waals surface area contributed by atoms with Gasteiger partial charge in [0.1, 0.15) is 17.5 Å². The van der Waals surface area contributed by atoms with Gasteiger partial charge < -0.3 is 25.4 Å². The molecule has 0 saturated carbocycles. The second-order valence-corrected chi connectivity index (χ2v) is 5.69. The zero-order valence-electron chi connectivity index (χ0n) is 15.3. The molecule has 1 rings (SSSR count). The van der Waals surface area contributed by atoms with Gasteiger partial charge >= 0.3 is 0 Å². The van der Waals surface area contributed by atoms with Crippen LogP contribution in [0.5, 0.6) is 11.5 Å². The Balaban J connectivity index is 0.00000576. The lowest BCUT2D eigenvalue weighted by Crippen LogP contribution is -2.50. The number of nitrogens with one attached hydrogen (secondary N) is 3. The maximum Gasteiger partial charge on any atom is 0.252 e. The van der Waals surface area contributed by atoms with Gasteiger partial charge in [-0.2, -0.15) is 0 Å². The number of hydrogen-bond donors (Lipinski definition) is 3. The molecular formula is C17H28ClN3O4. The highest BCUT2D eigenvalue weighted by Crippen LogP contribution is 2.22. The van der Waals surface area contributed by atoms with E-state index in [-0.39, 0.29) is 30.1 Å². The Morgan fingerprint density at radius 1 is 1.04 bits per heavy atom. The number of methoxy groups -OCH3 is 2. The van der Waals surface area contributed by atoms with Crippen molar-refractivity contribution in [3.63, 3.8) is 0 Å². The summed E-state index contributed by atoms with van der Waals surface area (Å²) in [7, 11) is 4.84. The summed E-state index contributed by atoms with van der Waals surface area (Å²) in [6, 6.07) is 4.27. The zero-order chi connectivity index (χ0) is 18.1. The van der Waals surface area contributed by atoms with Gasteiger partial charge in [0.15, 0.2) is 0 Å². The van der Waals surface area contributed by atoms with Gasteiger partial charge in [-0.3, -0.25) is 9.59 Å². The lowest BCUT2D eigenvalue weighted by Gasteiger charge is -2.22. The van der Waals surface area contributed by atoms with Crippen molar-refractivity contribution in [2.45, 2.75) is 19.9 Å². The molecule has 142 valence electrons. The van der Waals surface area contributed by atoms with E-state index >= 15 is 0 Å². The van der Waals surface area contributed by atoms with E-state index in [0.717, 1.165) is 0 Å². The largest absolute Gasteiger partial charge is 0.497 e. The minimum atomic E-state index is -0.619. The van der Waals surface area contributed by atoms with Crippen LogP contribution in [-0.4, -0.2) is 52.2 Å². The molecule has 8 heteroatoms. The van der Waals surface area contributed by atoms with Crippen LogP contribution in [-0.2, 0) is 4.79 Å². The Morgan fingerprint density at radius 2 is 1.60 bits per heavy atom. The molecule has 7 nitrogen and oxygen atoms in total. The number of hydrogen-bond acceptors (Lipinski definition) is 5. The standard InChI is InChI=1S/C17H27N3O4.ClH/c1-11(2)15(17(22)19-7-6-18-3)20-16(21)12-8-13(23-4)10-14(9-12)24-5;/h8-11,15,18H,6-7H2,1-5H3,(H,19,22)(H,20,21);1H. The summed E-state index contributed by atoms with van der Waals surface area (Å²) in [4.78, 5) is 24.8. The average molecular weight is 374 g/mol. The molecule has 2 amide bonds. The first kappa shape index (κ1) is 23.0. The average Bonchev–Trinajstić information content (AvgIpc) is 2.58. The van der Waals surface area contributed by atoms with Crippen LogP contribution in [0.15, 0.2) is 18.2 Å². The molecular weight excluding hydrogens is 346 g/mol. The highest BCUT2D eigenvalue weighted by Gasteiger charge is 2.24. The van der Waals surface area contributed by atoms with Gasteiger partial charge in [-0.15, -0.1) is 12.4 Å². The molecule has 1 aromatic rings. The lowest BCUT2D eigenvalue weighted by atomic mass is 10.0. The van der Waals surface area contributed by atoms with Crippen LogP contribution in [0.25, 0.3) is 0 Å². The highest BCUT2D eigenvalue weighted by atomic mass is 35.5. The summed E-state index contributed by atoms with van der Waals surface area (Å²) >= 11 is 0. The molecule has 0 aliphatic rings. The van der Waals surface area contributed by atoms with Crippen molar-refractivity contribution in [2.75, 3.05) is 34.4 Å². The summed E-state index contributed by atoms with van der Waals surface area (Å²) < 4.78 is 10.3. The predicted molar refractivity (Wildman–Crippen MR) is 99.8 cm³/mol. The molecule has 0 fully saturated rings. The molecule has 0 spiro atoms. The SMILES string of the molecule is CNCCNC(=O)C(NC(=O)c1cc(OC)cc(OC)c1)C(C)C.Cl. The van der Waals surface area contributed by atoms with E-state index < -0.39 is 6.04 Å². The number of benzene rings is 1. The molecule has 0 heterocycles. The summed E-state index contributed by atoms with van der Waals surface area (Å²) in [5.41, 5.74) is 0.375. The lowest BCUT2D eigenvalue weighted by molar-refractivity contribution is -0.123. The van der Waals surface area contributed by atoms with Crippen molar-refractivity contribution in [3.8, 4) is 11.5 Å². The molecule has 0 aliphatic carbocycles. The number of carbonyl (C=O) groups is 2. The van der Waals surface area contributed by atoms with Gasteiger partial charge in [0.05, 0.1) is 14.2 Å². The monoisotopic (exact) mass is 373 g/mol. The summed E-state index contributed by atoms with van der Waals surface area (Å²) in [6.45, 7) is 4.93. The third-order valence-corrected chi connectivity index (χ3v) is 3.52. The number of carbonyl (C=O) groups excluding carboxylic acids is 2. The Bertz CT molecular complexity index is 545. The summed E-state index contributed by atoms with van der Waals surface area (Å²) in [5, 5.41) is 8.53. The van der Waals surface area contributed by atoms with E-state index in [1.807, 2.05) is 20.9 Å². The van der Waals surface area contributed by atoms with Crippen LogP contribution in [0.2, 0.25) is 0 Å². The molecule has 0 saturated heterocycles. The molecule has 1 atom stereocenters. The van der Waals surface area contributed by atoms with Crippen LogP contribution in [0.3, 0.4) is 0 Å². The van der Waals surface area contributed by atoms with E-state index in [4.69, 9.17) is 9.47 Å². The quantitative estimate of drug-likeness (QED) is 0.566. The summed E-state index contributed by atoms with van der Waals surface area (Å²) in [6.07, 6.45) is 0. The smallest absolute Gasteiger partial charge is 0.252 e. The maximum absolute atomic E-state index is 12.5. The van der Waals surface area contributed by atoms with Gasteiger partial charge in [0.25, 0.3) is 5.91 Å². The highest BCUT2D eigenvalue weighted by molar-refractivity contribution is 5.98. The van der Waals surface area contributed by atoms with Crippen molar-refractivity contribution in [1.29, 1.82) is 0 Å². The first-order valence-corrected chi connectivity index (χ1v) is 7.89. The molecule has 3 N–H and O–H groups in total. The molecule has 0 bridgehead atoms. The van der Waals surface area contributed by atoms with Crippen LogP contribution in [0, 0.1) is 5.92 Å². The van der Waals surface area contributed by atoms with Crippen molar-refractivity contribution < 1.29 is 19.1 Å². The molecule has 25 heavy (non-hydrogen) atoms. The van der Waals surface area contributed by atoms with Gasteiger partial charge in [0.2, 0.25) is 5.91 Å². The minimum Gasteiger partial charge on any atom is -0.497 e. The number of rotatable bonds is 9. The predicted octanol–water partition coefficient (Wildman–Crippen LogP) is 1.22. The number of halogens is 1. The van der Waals surface area contributed by atoms with Gasteiger partial charge in [-0.05, 0) is 25.1 Å². The number of ether oxygens (including phenoxy) is 2. The Morgan fingerprint density at radius 3 is 2.04 bits per heavy atom. The van der Waals surface area contributed by atoms with E-state index in [9.17, 15) is 9.59 Å².